The Balaban J connectivity index is 1.27. The Morgan fingerprint density at radius 3 is 2.21 bits per heavy atom. The largest absolute Gasteiger partial charge is 0.495 e. The van der Waals surface area contributed by atoms with Gasteiger partial charge in [0, 0.05) is 37.8 Å². The molecule has 2 aliphatic heterocycles. The van der Waals surface area contributed by atoms with Crippen LogP contribution >= 0.6 is 11.6 Å². The third-order valence-corrected chi connectivity index (χ3v) is 11.5. The van der Waals surface area contributed by atoms with Crippen LogP contribution in [0, 0.1) is 5.82 Å². The molecule has 0 N–H and O–H groups in total. The van der Waals surface area contributed by atoms with Crippen molar-refractivity contribution in [3.8, 4) is 11.5 Å². The minimum Gasteiger partial charge on any atom is -0.495 e. The Bertz CT molecular complexity index is 2070. The zero-order valence-corrected chi connectivity index (χ0v) is 31.8. The van der Waals surface area contributed by atoms with E-state index in [4.69, 9.17) is 25.8 Å². The zero-order valence-electron chi connectivity index (χ0n) is 30.2. The lowest BCUT2D eigenvalue weighted by Crippen LogP contribution is -2.49. The first kappa shape index (κ1) is 38.1. The first-order chi connectivity index (χ1) is 25.2. The lowest BCUT2D eigenvalue weighted by molar-refractivity contribution is -0.121. The van der Waals surface area contributed by atoms with Crippen LogP contribution in [-0.4, -0.2) is 75.7 Å². The number of halogens is 2. The Labute approximate surface area is 315 Å². The summed E-state index contributed by atoms with van der Waals surface area (Å²) in [5.74, 6) is -0.840. The highest BCUT2D eigenvalue weighted by Crippen LogP contribution is 2.53. The zero-order chi connectivity index (χ0) is 38.0. The molecule has 2 aliphatic rings. The van der Waals surface area contributed by atoms with Crippen LogP contribution in [0.4, 0.5) is 14.9 Å². The number of methoxy groups -OCH3 is 1. The molecule has 2 amide bonds. The van der Waals surface area contributed by atoms with E-state index in [0.29, 0.717) is 44.9 Å². The van der Waals surface area contributed by atoms with Gasteiger partial charge in [0.1, 0.15) is 34.9 Å². The summed E-state index contributed by atoms with van der Waals surface area (Å²) in [6, 6.07) is 24.2. The number of amides is 2. The smallest absolute Gasteiger partial charge is 0.410 e. The topological polar surface area (TPSA) is 106 Å². The molecule has 10 nitrogen and oxygen atoms in total. The van der Waals surface area contributed by atoms with Crippen molar-refractivity contribution in [1.29, 1.82) is 0 Å². The summed E-state index contributed by atoms with van der Waals surface area (Å²) in [5.41, 5.74) is -0.993. The van der Waals surface area contributed by atoms with Gasteiger partial charge in [0.2, 0.25) is 0 Å². The Morgan fingerprint density at radius 1 is 0.906 bits per heavy atom. The number of rotatable bonds is 11. The van der Waals surface area contributed by atoms with E-state index in [1.807, 2.05) is 51.1 Å². The second-order valence-electron chi connectivity index (χ2n) is 14.1. The van der Waals surface area contributed by atoms with Crippen LogP contribution in [0.3, 0.4) is 0 Å². The molecule has 0 radical (unpaired) electrons. The number of nitrogens with zero attached hydrogens (tertiary/aromatic N) is 3. The Hall–Kier alpha value is -4.65. The molecular formula is C40H43ClFN3O7S. The molecule has 13 heteroatoms. The summed E-state index contributed by atoms with van der Waals surface area (Å²) in [4.78, 5) is 31.4. The van der Waals surface area contributed by atoms with E-state index in [1.54, 1.807) is 11.0 Å². The fraction of sp³-hybridized carbons (Fsp3) is 0.350. The van der Waals surface area contributed by atoms with E-state index in [1.165, 1.54) is 61.7 Å². The molecule has 4 aromatic rings. The average Bonchev–Trinajstić information content (AvgIpc) is 3.37. The molecule has 2 heterocycles. The number of hydrogen-bond donors (Lipinski definition) is 0. The summed E-state index contributed by atoms with van der Waals surface area (Å²) in [5, 5.41) is 0.151. The fourth-order valence-electron chi connectivity index (χ4n) is 6.96. The third-order valence-electron chi connectivity index (χ3n) is 9.48. The van der Waals surface area contributed by atoms with E-state index in [9.17, 15) is 18.0 Å². The van der Waals surface area contributed by atoms with Gasteiger partial charge in [0.25, 0.3) is 15.9 Å². The molecule has 1 unspecified atom stereocenters. The number of carbonyl (C=O) groups is 2. The van der Waals surface area contributed by atoms with Crippen molar-refractivity contribution in [2.24, 2.45) is 0 Å². The van der Waals surface area contributed by atoms with E-state index in [-0.39, 0.29) is 51.6 Å². The quantitative estimate of drug-likeness (QED) is 0.156. The number of ether oxygens (including phenoxy) is 3. The number of fused-ring (bicyclic) bond motifs is 1. The molecular weight excluding hydrogens is 721 g/mol. The standard InChI is InChI=1S/C40H43ClFN3O7S/c1-39(2,3)52-29-15-17-30(18-16-29)53(48,49)45-35-26-36(50-4)33(41)25-32(35)40(37(45)46,31-13-8-9-14-34(31)42)19-10-20-43-21-23-44(24-22-43)38(47)51-27-28-11-6-5-7-12-28/h5-9,11-18,25-26H,10,19-24,27H2,1-4H3. The third kappa shape index (κ3) is 7.85. The van der Waals surface area contributed by atoms with Crippen molar-refractivity contribution in [3.05, 3.63) is 119 Å². The lowest BCUT2D eigenvalue weighted by atomic mass is 9.72. The number of hydrogen-bond acceptors (Lipinski definition) is 8. The molecule has 1 fully saturated rings. The van der Waals surface area contributed by atoms with Gasteiger partial charge in [-0.2, -0.15) is 0 Å². The van der Waals surface area contributed by atoms with Gasteiger partial charge in [-0.25, -0.2) is 21.9 Å². The highest BCUT2D eigenvalue weighted by molar-refractivity contribution is 7.93. The maximum atomic E-state index is 15.9. The number of benzene rings is 4. The van der Waals surface area contributed by atoms with Gasteiger partial charge in [-0.3, -0.25) is 9.69 Å². The summed E-state index contributed by atoms with van der Waals surface area (Å²) in [6.07, 6.45) is 0.0886. The van der Waals surface area contributed by atoms with E-state index in [2.05, 4.69) is 4.90 Å². The minimum atomic E-state index is -4.53. The lowest BCUT2D eigenvalue weighted by Gasteiger charge is -2.35. The van der Waals surface area contributed by atoms with Crippen LogP contribution in [0.1, 0.15) is 50.3 Å². The van der Waals surface area contributed by atoms with Gasteiger partial charge >= 0.3 is 6.09 Å². The number of anilines is 1. The van der Waals surface area contributed by atoms with Gasteiger partial charge in [-0.1, -0.05) is 60.1 Å². The maximum absolute atomic E-state index is 15.9. The average molecular weight is 764 g/mol. The number of sulfonamides is 1. The van der Waals surface area contributed by atoms with Crippen LogP contribution in [0.25, 0.3) is 0 Å². The summed E-state index contributed by atoms with van der Waals surface area (Å²) in [6.45, 7) is 8.37. The summed E-state index contributed by atoms with van der Waals surface area (Å²) in [7, 11) is -3.13. The van der Waals surface area contributed by atoms with Crippen molar-refractivity contribution in [1.82, 2.24) is 9.80 Å². The van der Waals surface area contributed by atoms with Crippen LogP contribution in [0.15, 0.2) is 95.9 Å². The molecule has 0 aliphatic carbocycles. The van der Waals surface area contributed by atoms with Crippen molar-refractivity contribution >= 4 is 39.3 Å². The van der Waals surface area contributed by atoms with Crippen LogP contribution in [-0.2, 0) is 31.6 Å². The highest BCUT2D eigenvalue weighted by Gasteiger charge is 2.57. The molecule has 1 saturated heterocycles. The molecule has 53 heavy (non-hydrogen) atoms. The molecule has 280 valence electrons. The van der Waals surface area contributed by atoms with Gasteiger partial charge in [0.05, 0.1) is 22.7 Å². The van der Waals surface area contributed by atoms with E-state index in [0.717, 1.165) is 9.87 Å². The van der Waals surface area contributed by atoms with Crippen LogP contribution in [0.2, 0.25) is 5.02 Å². The predicted octanol–water partition coefficient (Wildman–Crippen LogP) is 7.42. The van der Waals surface area contributed by atoms with Gasteiger partial charge < -0.3 is 19.1 Å². The van der Waals surface area contributed by atoms with Crippen molar-refractivity contribution in [3.63, 3.8) is 0 Å². The molecule has 0 bridgehead atoms. The minimum absolute atomic E-state index is 0.0390. The molecule has 6 rings (SSSR count). The van der Waals surface area contributed by atoms with Crippen LogP contribution < -0.4 is 13.8 Å². The maximum Gasteiger partial charge on any atom is 0.410 e. The van der Waals surface area contributed by atoms with Crippen molar-refractivity contribution in [2.45, 2.75) is 56.1 Å². The summed E-state index contributed by atoms with van der Waals surface area (Å²) < 4.78 is 62.5. The normalized spacial score (nSPS) is 17.8. The molecule has 4 aromatic carbocycles. The highest BCUT2D eigenvalue weighted by atomic mass is 35.5. The molecule has 0 spiro atoms. The second kappa shape index (κ2) is 15.4. The van der Waals surface area contributed by atoms with E-state index >= 15 is 4.39 Å². The molecule has 1 atom stereocenters. The van der Waals surface area contributed by atoms with Crippen LogP contribution in [0.5, 0.6) is 11.5 Å². The Kier molecular flexibility index (Phi) is 11.0. The van der Waals surface area contributed by atoms with Gasteiger partial charge in [0.15, 0.2) is 0 Å². The molecule has 0 aromatic heterocycles. The Morgan fingerprint density at radius 2 is 1.57 bits per heavy atom. The van der Waals surface area contributed by atoms with Gasteiger partial charge in [-0.15, -0.1) is 0 Å². The monoisotopic (exact) mass is 763 g/mol. The first-order valence-corrected chi connectivity index (χ1v) is 19.3. The number of piperazine rings is 1. The fourth-order valence-corrected chi connectivity index (χ4v) is 8.68. The van der Waals surface area contributed by atoms with E-state index < -0.39 is 32.8 Å². The van der Waals surface area contributed by atoms with Gasteiger partial charge in [-0.05, 0) is 87.7 Å². The first-order valence-electron chi connectivity index (χ1n) is 17.4. The number of carbonyl (C=O) groups excluding carboxylic acids is 2. The molecule has 0 saturated carbocycles. The van der Waals surface area contributed by atoms with Crippen molar-refractivity contribution < 1.29 is 36.6 Å². The predicted molar refractivity (Wildman–Crippen MR) is 201 cm³/mol. The van der Waals surface area contributed by atoms with Crippen molar-refractivity contribution in [2.75, 3.05) is 44.1 Å². The SMILES string of the molecule is COc1cc2c(cc1Cl)C(CCCN1CCN(C(=O)OCc3ccccc3)CC1)(c1ccccc1F)C(=O)N2S(=O)(=O)c1ccc(OC(C)(C)C)cc1. The second-order valence-corrected chi connectivity index (χ2v) is 16.3. The summed E-state index contributed by atoms with van der Waals surface area (Å²) >= 11 is 6.65.